The van der Waals surface area contributed by atoms with Crippen molar-refractivity contribution < 1.29 is 10.2 Å². The smallest absolute Gasteiger partial charge is 0.0967 e. The van der Waals surface area contributed by atoms with E-state index in [1.165, 1.54) is 6.42 Å². The van der Waals surface area contributed by atoms with Gasteiger partial charge in [0.05, 0.1) is 18.8 Å². The van der Waals surface area contributed by atoms with Gasteiger partial charge in [-0.25, -0.2) is 0 Å². The van der Waals surface area contributed by atoms with Crippen molar-refractivity contribution in [1.82, 2.24) is 4.90 Å². The quantitative estimate of drug-likeness (QED) is 0.830. The number of rotatable bonds is 4. The van der Waals surface area contributed by atoms with E-state index in [1.807, 2.05) is 30.3 Å². The topological polar surface area (TPSA) is 43.7 Å². The Labute approximate surface area is 125 Å². The van der Waals surface area contributed by atoms with Crippen molar-refractivity contribution in [3.8, 4) is 0 Å². The fourth-order valence-corrected chi connectivity index (χ4v) is 4.74. The first-order valence-electron chi connectivity index (χ1n) is 8.04. The van der Waals surface area contributed by atoms with E-state index in [0.717, 1.165) is 42.3 Å². The molecule has 3 nitrogen and oxygen atoms in total. The lowest BCUT2D eigenvalue weighted by molar-refractivity contribution is 0.0213. The average Bonchev–Trinajstić information content (AvgIpc) is 3.21. The molecular formula is C18H23NO2. The molecule has 2 fully saturated rings. The van der Waals surface area contributed by atoms with Gasteiger partial charge >= 0.3 is 0 Å². The third-order valence-corrected chi connectivity index (χ3v) is 5.85. The Hall–Kier alpha value is -1.16. The van der Waals surface area contributed by atoms with Gasteiger partial charge in [0.2, 0.25) is 0 Å². The van der Waals surface area contributed by atoms with Crippen LogP contribution in [0.5, 0.6) is 0 Å². The van der Waals surface area contributed by atoms with Crippen molar-refractivity contribution in [2.45, 2.75) is 18.6 Å². The normalized spacial score (nSPS) is 36.9. The van der Waals surface area contributed by atoms with Crippen molar-refractivity contribution in [1.29, 1.82) is 0 Å². The second-order valence-electron chi connectivity index (χ2n) is 6.84. The third-order valence-electron chi connectivity index (χ3n) is 5.85. The highest BCUT2D eigenvalue weighted by molar-refractivity contribution is 5.20. The number of fused-ring (bicyclic) bond motifs is 5. The van der Waals surface area contributed by atoms with Crippen LogP contribution in [0.3, 0.4) is 0 Å². The fourth-order valence-electron chi connectivity index (χ4n) is 4.74. The second kappa shape index (κ2) is 5.24. The molecule has 3 heteroatoms. The van der Waals surface area contributed by atoms with Gasteiger partial charge < -0.3 is 10.2 Å². The number of nitrogens with zero attached hydrogens (tertiary/aromatic N) is 1. The lowest BCUT2D eigenvalue weighted by Crippen LogP contribution is -2.41. The number of hydrogen-bond donors (Lipinski definition) is 2. The molecule has 1 saturated heterocycles. The van der Waals surface area contributed by atoms with Crippen LogP contribution in [0, 0.1) is 23.7 Å². The maximum absolute atomic E-state index is 10.6. The molecule has 2 bridgehead atoms. The van der Waals surface area contributed by atoms with Gasteiger partial charge in [-0.05, 0) is 35.7 Å². The maximum atomic E-state index is 10.6. The molecule has 2 unspecified atom stereocenters. The van der Waals surface area contributed by atoms with Crippen LogP contribution in [0.25, 0.3) is 0 Å². The standard InChI is InChI=1S/C18H23NO2/c20-11-17(18(21)12-4-2-1-3-5-12)19-9-15-13-6-7-14(8-13)16(15)10-19/h1-7,13-18,20-21H,8-11H2/t13-,14+,15?,16?,17-,18-/m0/s1. The van der Waals surface area contributed by atoms with Crippen LogP contribution in [-0.4, -0.2) is 40.9 Å². The molecule has 6 atom stereocenters. The molecule has 0 radical (unpaired) electrons. The maximum Gasteiger partial charge on any atom is 0.0967 e. The van der Waals surface area contributed by atoms with Crippen LogP contribution >= 0.6 is 0 Å². The van der Waals surface area contributed by atoms with Crippen LogP contribution in [0.15, 0.2) is 42.5 Å². The first kappa shape index (κ1) is 13.5. The molecule has 3 aliphatic rings. The Morgan fingerprint density at radius 2 is 1.67 bits per heavy atom. The zero-order valence-corrected chi connectivity index (χ0v) is 12.2. The number of allylic oxidation sites excluding steroid dienone is 2. The van der Waals surface area contributed by atoms with E-state index in [-0.39, 0.29) is 12.6 Å². The molecule has 1 saturated carbocycles. The molecular weight excluding hydrogens is 262 g/mol. The molecule has 21 heavy (non-hydrogen) atoms. The average molecular weight is 285 g/mol. The van der Waals surface area contributed by atoms with E-state index < -0.39 is 6.10 Å². The molecule has 112 valence electrons. The Morgan fingerprint density at radius 3 is 2.24 bits per heavy atom. The highest BCUT2D eigenvalue weighted by Gasteiger charge is 2.50. The predicted octanol–water partition coefficient (Wildman–Crippen LogP) is 1.83. The summed E-state index contributed by atoms with van der Waals surface area (Å²) in [5.74, 6) is 2.94. The summed E-state index contributed by atoms with van der Waals surface area (Å²) in [5, 5.41) is 20.4. The van der Waals surface area contributed by atoms with Gasteiger partial charge in [-0.2, -0.15) is 0 Å². The van der Waals surface area contributed by atoms with E-state index in [0.29, 0.717) is 0 Å². The fraction of sp³-hybridized carbons (Fsp3) is 0.556. The summed E-state index contributed by atoms with van der Waals surface area (Å²) in [6, 6.07) is 9.53. The minimum Gasteiger partial charge on any atom is -0.395 e. The molecule has 1 aromatic carbocycles. The van der Waals surface area contributed by atoms with Crippen LogP contribution in [0.4, 0.5) is 0 Å². The second-order valence-corrected chi connectivity index (χ2v) is 6.84. The molecule has 1 heterocycles. The number of likely N-dealkylation sites (tertiary alicyclic amines) is 1. The summed E-state index contributed by atoms with van der Waals surface area (Å²) >= 11 is 0. The molecule has 0 amide bonds. The molecule has 4 rings (SSSR count). The first-order valence-corrected chi connectivity index (χ1v) is 8.04. The van der Waals surface area contributed by atoms with Gasteiger partial charge in [0, 0.05) is 13.1 Å². The zero-order valence-electron chi connectivity index (χ0n) is 12.2. The van der Waals surface area contributed by atoms with Crippen molar-refractivity contribution in [2.24, 2.45) is 23.7 Å². The van der Waals surface area contributed by atoms with E-state index in [2.05, 4.69) is 17.1 Å². The Balaban J connectivity index is 1.50. The molecule has 0 aromatic heterocycles. The van der Waals surface area contributed by atoms with Gasteiger partial charge in [0.25, 0.3) is 0 Å². The van der Waals surface area contributed by atoms with Crippen LogP contribution in [0.2, 0.25) is 0 Å². The summed E-state index contributed by atoms with van der Waals surface area (Å²) in [6.45, 7) is 2.05. The summed E-state index contributed by atoms with van der Waals surface area (Å²) in [6.07, 6.45) is 5.49. The van der Waals surface area contributed by atoms with Crippen molar-refractivity contribution in [3.63, 3.8) is 0 Å². The van der Waals surface area contributed by atoms with E-state index in [1.54, 1.807) is 0 Å². The van der Waals surface area contributed by atoms with Gasteiger partial charge in [-0.3, -0.25) is 4.90 Å². The summed E-state index contributed by atoms with van der Waals surface area (Å²) in [4.78, 5) is 2.32. The Bertz CT molecular complexity index is 509. The zero-order chi connectivity index (χ0) is 14.4. The molecule has 0 spiro atoms. The number of hydrogen-bond acceptors (Lipinski definition) is 3. The van der Waals surface area contributed by atoms with E-state index in [4.69, 9.17) is 0 Å². The summed E-state index contributed by atoms with van der Waals surface area (Å²) < 4.78 is 0. The summed E-state index contributed by atoms with van der Waals surface area (Å²) in [5.41, 5.74) is 0.898. The largest absolute Gasteiger partial charge is 0.395 e. The molecule has 2 N–H and O–H groups in total. The molecule has 1 aliphatic heterocycles. The highest BCUT2D eigenvalue weighted by Crippen LogP contribution is 2.52. The molecule has 2 aliphatic carbocycles. The van der Waals surface area contributed by atoms with Crippen molar-refractivity contribution >= 4 is 0 Å². The van der Waals surface area contributed by atoms with Gasteiger partial charge in [0.15, 0.2) is 0 Å². The SMILES string of the molecule is OC[C@@H]([C@@H](O)c1ccccc1)N1CC2C(C1)[C@H]1C=C[C@@H]2C1. The van der Waals surface area contributed by atoms with Gasteiger partial charge in [-0.15, -0.1) is 0 Å². The van der Waals surface area contributed by atoms with Crippen LogP contribution in [0.1, 0.15) is 18.1 Å². The summed E-state index contributed by atoms with van der Waals surface area (Å²) in [7, 11) is 0. The van der Waals surface area contributed by atoms with E-state index >= 15 is 0 Å². The number of aliphatic hydroxyl groups is 2. The van der Waals surface area contributed by atoms with Gasteiger partial charge in [-0.1, -0.05) is 42.5 Å². The number of benzene rings is 1. The first-order chi connectivity index (χ1) is 10.3. The third kappa shape index (κ3) is 2.15. The lowest BCUT2D eigenvalue weighted by atomic mass is 9.86. The highest BCUT2D eigenvalue weighted by atomic mass is 16.3. The van der Waals surface area contributed by atoms with Crippen molar-refractivity contribution in [2.75, 3.05) is 19.7 Å². The molecule has 1 aromatic rings. The van der Waals surface area contributed by atoms with Crippen molar-refractivity contribution in [3.05, 3.63) is 48.0 Å². The monoisotopic (exact) mass is 285 g/mol. The minimum absolute atomic E-state index is 0.0122. The Kier molecular flexibility index (Phi) is 3.37. The lowest BCUT2D eigenvalue weighted by Gasteiger charge is -2.31. The van der Waals surface area contributed by atoms with Crippen LogP contribution < -0.4 is 0 Å². The van der Waals surface area contributed by atoms with Crippen LogP contribution in [-0.2, 0) is 0 Å². The Morgan fingerprint density at radius 1 is 1.05 bits per heavy atom. The predicted molar refractivity (Wildman–Crippen MR) is 81.6 cm³/mol. The van der Waals surface area contributed by atoms with E-state index in [9.17, 15) is 10.2 Å². The number of aliphatic hydroxyl groups excluding tert-OH is 2. The van der Waals surface area contributed by atoms with Gasteiger partial charge in [0.1, 0.15) is 0 Å². The minimum atomic E-state index is -0.611.